The number of hydrogen-bond donors (Lipinski definition) is 1. The average Bonchev–Trinajstić information content (AvgIpc) is 3.26. The fourth-order valence-electron chi connectivity index (χ4n) is 4.43. The van der Waals surface area contributed by atoms with E-state index in [2.05, 4.69) is 10.2 Å². The summed E-state index contributed by atoms with van der Waals surface area (Å²) in [5, 5.41) is 6.92. The lowest BCUT2D eigenvalue weighted by Gasteiger charge is -2.23. The van der Waals surface area contributed by atoms with Crippen molar-refractivity contribution < 1.29 is 14.0 Å². The summed E-state index contributed by atoms with van der Waals surface area (Å²) in [6, 6.07) is 14.3. The summed E-state index contributed by atoms with van der Waals surface area (Å²) in [7, 11) is 0. The summed E-state index contributed by atoms with van der Waals surface area (Å²) >= 11 is 0. The van der Waals surface area contributed by atoms with Gasteiger partial charge < -0.3 is 9.80 Å². The van der Waals surface area contributed by atoms with Gasteiger partial charge in [-0.25, -0.2) is 4.39 Å². The standard InChI is InChI=1S/C26H29FN4O2/c1-3-24-22(16-28-29-24)26(33)31-14-13-30(4-2)25(32)20(17-31)15-18-9-11-19(12-10-18)21-7-5-6-8-23(21)27/h5-12,16,20H,3-4,13-15,17H2,1-2H3,(H,28,29)/t20-/m0/s1. The summed E-state index contributed by atoms with van der Waals surface area (Å²) in [5.74, 6) is -0.629. The van der Waals surface area contributed by atoms with Crippen molar-refractivity contribution in [2.75, 3.05) is 26.2 Å². The second-order valence-corrected chi connectivity index (χ2v) is 8.36. The Kier molecular flexibility index (Phi) is 6.87. The Labute approximate surface area is 193 Å². The summed E-state index contributed by atoms with van der Waals surface area (Å²) in [5.41, 5.74) is 3.71. The van der Waals surface area contributed by atoms with Crippen molar-refractivity contribution in [2.24, 2.45) is 5.92 Å². The highest BCUT2D eigenvalue weighted by Crippen LogP contribution is 2.25. The highest BCUT2D eigenvalue weighted by molar-refractivity contribution is 5.95. The molecule has 1 atom stereocenters. The first-order chi connectivity index (χ1) is 16.0. The number of nitrogens with zero attached hydrogens (tertiary/aromatic N) is 3. The molecule has 2 heterocycles. The monoisotopic (exact) mass is 448 g/mol. The van der Waals surface area contributed by atoms with E-state index in [1.807, 2.05) is 49.1 Å². The molecule has 2 amide bonds. The average molecular weight is 449 g/mol. The third-order valence-electron chi connectivity index (χ3n) is 6.33. The smallest absolute Gasteiger partial charge is 0.257 e. The maximum Gasteiger partial charge on any atom is 0.257 e. The van der Waals surface area contributed by atoms with Crippen LogP contribution in [-0.4, -0.2) is 58.0 Å². The van der Waals surface area contributed by atoms with Crippen LogP contribution >= 0.6 is 0 Å². The van der Waals surface area contributed by atoms with Crippen LogP contribution in [0.15, 0.2) is 54.7 Å². The number of amides is 2. The van der Waals surface area contributed by atoms with Crippen LogP contribution in [0.3, 0.4) is 0 Å². The van der Waals surface area contributed by atoms with Crippen LogP contribution in [0.1, 0.15) is 35.5 Å². The summed E-state index contributed by atoms with van der Waals surface area (Å²) in [6.07, 6.45) is 2.78. The van der Waals surface area contributed by atoms with Crippen molar-refractivity contribution >= 4 is 11.8 Å². The first kappa shape index (κ1) is 22.7. The number of benzene rings is 2. The predicted molar refractivity (Wildman–Crippen MR) is 125 cm³/mol. The molecule has 1 saturated heterocycles. The minimum Gasteiger partial charge on any atom is -0.341 e. The predicted octanol–water partition coefficient (Wildman–Crippen LogP) is 3.94. The van der Waals surface area contributed by atoms with E-state index in [4.69, 9.17) is 0 Å². The first-order valence-corrected chi connectivity index (χ1v) is 11.5. The fourth-order valence-corrected chi connectivity index (χ4v) is 4.43. The lowest BCUT2D eigenvalue weighted by atomic mass is 9.95. The number of aryl methyl sites for hydroxylation is 1. The molecule has 172 valence electrons. The lowest BCUT2D eigenvalue weighted by molar-refractivity contribution is -0.134. The minimum absolute atomic E-state index is 0.0638. The molecule has 1 aliphatic heterocycles. The molecule has 33 heavy (non-hydrogen) atoms. The maximum absolute atomic E-state index is 14.1. The molecule has 1 aliphatic rings. The van der Waals surface area contributed by atoms with E-state index in [-0.39, 0.29) is 23.5 Å². The van der Waals surface area contributed by atoms with Crippen LogP contribution in [0.25, 0.3) is 11.1 Å². The normalized spacial score (nSPS) is 16.7. The van der Waals surface area contributed by atoms with E-state index in [9.17, 15) is 14.0 Å². The van der Waals surface area contributed by atoms with E-state index >= 15 is 0 Å². The van der Waals surface area contributed by atoms with Gasteiger partial charge in [-0.2, -0.15) is 5.10 Å². The molecule has 0 unspecified atom stereocenters. The molecule has 3 aromatic rings. The largest absolute Gasteiger partial charge is 0.341 e. The van der Waals surface area contributed by atoms with Gasteiger partial charge in [0.15, 0.2) is 0 Å². The van der Waals surface area contributed by atoms with Gasteiger partial charge in [0.25, 0.3) is 5.91 Å². The van der Waals surface area contributed by atoms with Gasteiger partial charge >= 0.3 is 0 Å². The second kappa shape index (κ2) is 9.98. The number of carbonyl (C=O) groups excluding carboxylic acids is 2. The third-order valence-corrected chi connectivity index (χ3v) is 6.33. The molecule has 1 fully saturated rings. The van der Waals surface area contributed by atoms with Crippen LogP contribution in [0.2, 0.25) is 0 Å². The summed E-state index contributed by atoms with van der Waals surface area (Å²) in [4.78, 5) is 30.0. The first-order valence-electron chi connectivity index (χ1n) is 11.5. The molecule has 7 heteroatoms. The van der Waals surface area contributed by atoms with Crippen LogP contribution in [0.5, 0.6) is 0 Å². The van der Waals surface area contributed by atoms with Gasteiger partial charge in [-0.3, -0.25) is 14.7 Å². The number of aromatic amines is 1. The van der Waals surface area contributed by atoms with Crippen LogP contribution in [0.4, 0.5) is 4.39 Å². The molecule has 0 bridgehead atoms. The Morgan fingerprint density at radius 2 is 1.88 bits per heavy atom. The van der Waals surface area contributed by atoms with Gasteiger partial charge in [0.05, 0.1) is 17.7 Å². The van der Waals surface area contributed by atoms with E-state index in [0.29, 0.717) is 50.1 Å². The van der Waals surface area contributed by atoms with Crippen molar-refractivity contribution in [3.05, 3.63) is 77.4 Å². The van der Waals surface area contributed by atoms with Crippen molar-refractivity contribution in [1.29, 1.82) is 0 Å². The van der Waals surface area contributed by atoms with E-state index in [1.165, 1.54) is 6.07 Å². The van der Waals surface area contributed by atoms with Gasteiger partial charge in [-0.05, 0) is 37.0 Å². The second-order valence-electron chi connectivity index (χ2n) is 8.36. The number of likely N-dealkylation sites (N-methyl/N-ethyl adjacent to an activating group) is 1. The Bertz CT molecular complexity index is 1130. The van der Waals surface area contributed by atoms with Gasteiger partial charge in [-0.1, -0.05) is 49.4 Å². The van der Waals surface area contributed by atoms with Crippen molar-refractivity contribution in [2.45, 2.75) is 26.7 Å². The molecule has 0 spiro atoms. The van der Waals surface area contributed by atoms with Gasteiger partial charge in [-0.15, -0.1) is 0 Å². The molecule has 2 aromatic carbocycles. The number of H-pyrrole nitrogens is 1. The van der Waals surface area contributed by atoms with Crippen LogP contribution in [0, 0.1) is 11.7 Å². The van der Waals surface area contributed by atoms with Crippen molar-refractivity contribution in [1.82, 2.24) is 20.0 Å². The number of halogens is 1. The molecule has 6 nitrogen and oxygen atoms in total. The summed E-state index contributed by atoms with van der Waals surface area (Å²) < 4.78 is 14.1. The molecule has 1 aromatic heterocycles. The summed E-state index contributed by atoms with van der Waals surface area (Å²) in [6.45, 7) is 5.91. The molecular weight excluding hydrogens is 419 g/mol. The van der Waals surface area contributed by atoms with Crippen LogP contribution in [-0.2, 0) is 17.6 Å². The highest BCUT2D eigenvalue weighted by atomic mass is 19.1. The topological polar surface area (TPSA) is 69.3 Å². The molecule has 0 radical (unpaired) electrons. The fraction of sp³-hybridized carbons (Fsp3) is 0.346. The van der Waals surface area contributed by atoms with Gasteiger partial charge in [0.1, 0.15) is 5.82 Å². The SMILES string of the molecule is CCc1[nH]ncc1C(=O)N1CCN(CC)C(=O)[C@@H](Cc2ccc(-c3ccccc3F)cc2)C1. The van der Waals surface area contributed by atoms with Crippen molar-refractivity contribution in [3.63, 3.8) is 0 Å². The molecule has 0 saturated carbocycles. The molecule has 4 rings (SSSR count). The molecule has 1 N–H and O–H groups in total. The molecular formula is C26H29FN4O2. The van der Waals surface area contributed by atoms with Gasteiger partial charge in [0, 0.05) is 37.4 Å². The zero-order chi connectivity index (χ0) is 23.4. The highest BCUT2D eigenvalue weighted by Gasteiger charge is 2.32. The van der Waals surface area contributed by atoms with Gasteiger partial charge in [0.2, 0.25) is 5.91 Å². The number of carbonyl (C=O) groups is 2. The van der Waals surface area contributed by atoms with E-state index in [1.54, 1.807) is 23.2 Å². The Hall–Kier alpha value is -3.48. The van der Waals surface area contributed by atoms with E-state index in [0.717, 1.165) is 16.8 Å². The quantitative estimate of drug-likeness (QED) is 0.621. The minimum atomic E-state index is -0.340. The number of nitrogens with one attached hydrogen (secondary N) is 1. The Balaban J connectivity index is 1.55. The van der Waals surface area contributed by atoms with Crippen molar-refractivity contribution in [3.8, 4) is 11.1 Å². The maximum atomic E-state index is 14.1. The van der Waals surface area contributed by atoms with Crippen LogP contribution < -0.4 is 0 Å². The van der Waals surface area contributed by atoms with E-state index < -0.39 is 0 Å². The zero-order valence-electron chi connectivity index (χ0n) is 19.1. The number of hydrogen-bond acceptors (Lipinski definition) is 3. The zero-order valence-corrected chi connectivity index (χ0v) is 19.1. The Morgan fingerprint density at radius 3 is 2.58 bits per heavy atom. The number of aromatic nitrogens is 2. The molecule has 0 aliphatic carbocycles. The lowest BCUT2D eigenvalue weighted by Crippen LogP contribution is -2.38. The number of rotatable bonds is 6. The third kappa shape index (κ3) is 4.82. The Morgan fingerprint density at radius 1 is 1.12 bits per heavy atom.